The Balaban J connectivity index is 1.46. The summed E-state index contributed by atoms with van der Waals surface area (Å²) in [7, 11) is 0. The Morgan fingerprint density at radius 3 is 2.86 bits per heavy atom. The van der Waals surface area contributed by atoms with Gasteiger partial charge in [-0.3, -0.25) is 9.69 Å². The van der Waals surface area contributed by atoms with Crippen molar-refractivity contribution in [3.63, 3.8) is 0 Å². The van der Waals surface area contributed by atoms with Gasteiger partial charge in [-0.2, -0.15) is 0 Å². The van der Waals surface area contributed by atoms with Crippen LogP contribution >= 0.6 is 0 Å². The van der Waals surface area contributed by atoms with Gasteiger partial charge >= 0.3 is 6.09 Å². The number of benzene rings is 1. The number of aromatic nitrogens is 2. The van der Waals surface area contributed by atoms with Gasteiger partial charge in [-0.05, 0) is 49.8 Å². The lowest BCUT2D eigenvalue weighted by Gasteiger charge is -2.15. The molecule has 1 saturated carbocycles. The molecule has 5 rings (SSSR count). The highest BCUT2D eigenvalue weighted by Gasteiger charge is 2.36. The van der Waals surface area contributed by atoms with Crippen LogP contribution < -0.4 is 15.4 Å². The van der Waals surface area contributed by atoms with Gasteiger partial charge < -0.3 is 19.8 Å². The fraction of sp³-hybridized carbons (Fsp3) is 0.476. The van der Waals surface area contributed by atoms with E-state index >= 15 is 0 Å². The Bertz CT molecular complexity index is 981. The average Bonchev–Trinajstić information content (AvgIpc) is 3.40. The molecule has 0 spiro atoms. The van der Waals surface area contributed by atoms with Crippen molar-refractivity contribution in [3.8, 4) is 17.1 Å². The van der Waals surface area contributed by atoms with Crippen LogP contribution in [-0.4, -0.2) is 40.8 Å². The molecule has 0 radical (unpaired) electrons. The molecule has 29 heavy (non-hydrogen) atoms. The SMILES string of the molecule is C[C@@H]1COC(=O)N1c1cn2c(n1)-c1ccc(C[C@H](C(N)=O)C3CC3)cc1OCC2. The van der Waals surface area contributed by atoms with E-state index in [4.69, 9.17) is 20.2 Å². The molecule has 8 heteroatoms. The molecule has 0 bridgehead atoms. The Morgan fingerprint density at radius 1 is 1.34 bits per heavy atom. The molecule has 1 aromatic heterocycles. The summed E-state index contributed by atoms with van der Waals surface area (Å²) >= 11 is 0. The number of nitrogens with zero attached hydrogens (tertiary/aromatic N) is 3. The van der Waals surface area contributed by atoms with Gasteiger partial charge in [0.25, 0.3) is 0 Å². The fourth-order valence-corrected chi connectivity index (χ4v) is 4.24. The van der Waals surface area contributed by atoms with Crippen LogP contribution in [0.15, 0.2) is 24.4 Å². The van der Waals surface area contributed by atoms with Gasteiger partial charge in [0, 0.05) is 12.1 Å². The zero-order chi connectivity index (χ0) is 20.1. The maximum absolute atomic E-state index is 12.1. The van der Waals surface area contributed by atoms with Crippen molar-refractivity contribution in [1.82, 2.24) is 9.55 Å². The third kappa shape index (κ3) is 3.22. The standard InChI is InChI=1S/C21H24N4O4/c1-12-11-29-21(27)25(12)18-10-24-6-7-28-17-9-13(2-5-15(17)20(24)23-18)8-16(19(22)26)14-3-4-14/h2,5,9-10,12,14,16H,3-4,6-8,11H2,1H3,(H2,22,26)/t12-,16+/m1/s1. The van der Waals surface area contributed by atoms with Crippen molar-refractivity contribution >= 4 is 17.8 Å². The molecule has 3 aliphatic rings. The fourth-order valence-electron chi connectivity index (χ4n) is 4.24. The number of cyclic esters (lactones) is 1. The van der Waals surface area contributed by atoms with Gasteiger partial charge in [0.2, 0.25) is 5.91 Å². The summed E-state index contributed by atoms with van der Waals surface area (Å²) in [4.78, 5) is 30.2. The molecule has 1 aliphatic carbocycles. The average molecular weight is 396 g/mol. The molecular weight excluding hydrogens is 372 g/mol. The predicted octanol–water partition coefficient (Wildman–Crippen LogP) is 2.34. The van der Waals surface area contributed by atoms with Gasteiger partial charge in [0.1, 0.15) is 24.8 Å². The number of rotatable bonds is 5. The number of ether oxygens (including phenoxy) is 2. The first-order valence-corrected chi connectivity index (χ1v) is 10.1. The highest BCUT2D eigenvalue weighted by molar-refractivity contribution is 5.89. The maximum Gasteiger partial charge on any atom is 0.415 e. The minimum Gasteiger partial charge on any atom is -0.491 e. The van der Waals surface area contributed by atoms with Crippen LogP contribution in [-0.2, 0) is 22.5 Å². The number of fused-ring (bicyclic) bond motifs is 3. The van der Waals surface area contributed by atoms with Gasteiger partial charge in [0.05, 0.1) is 18.2 Å². The van der Waals surface area contributed by atoms with Crippen molar-refractivity contribution in [2.75, 3.05) is 18.1 Å². The number of anilines is 1. The second-order valence-electron chi connectivity index (χ2n) is 8.14. The van der Waals surface area contributed by atoms with E-state index < -0.39 is 0 Å². The van der Waals surface area contributed by atoms with Crippen LogP contribution in [0.4, 0.5) is 10.6 Å². The van der Waals surface area contributed by atoms with E-state index in [2.05, 4.69) is 0 Å². The summed E-state index contributed by atoms with van der Waals surface area (Å²) in [6, 6.07) is 5.93. The Kier molecular flexibility index (Phi) is 4.22. The van der Waals surface area contributed by atoms with E-state index in [0.717, 1.165) is 35.5 Å². The third-order valence-corrected chi connectivity index (χ3v) is 5.98. The summed E-state index contributed by atoms with van der Waals surface area (Å²) in [5.41, 5.74) is 7.52. The van der Waals surface area contributed by atoms with Crippen molar-refractivity contribution < 1.29 is 19.1 Å². The zero-order valence-corrected chi connectivity index (χ0v) is 16.3. The van der Waals surface area contributed by atoms with Crippen LogP contribution in [0.3, 0.4) is 0 Å². The van der Waals surface area contributed by atoms with E-state index in [0.29, 0.717) is 37.9 Å². The lowest BCUT2D eigenvalue weighted by molar-refractivity contribution is -0.122. The predicted molar refractivity (Wildman–Crippen MR) is 106 cm³/mol. The highest BCUT2D eigenvalue weighted by Crippen LogP contribution is 2.40. The van der Waals surface area contributed by atoms with Crippen molar-refractivity contribution in [1.29, 1.82) is 0 Å². The Labute approximate surface area is 168 Å². The van der Waals surface area contributed by atoms with Crippen LogP contribution in [0.25, 0.3) is 11.4 Å². The van der Waals surface area contributed by atoms with Crippen LogP contribution in [0.1, 0.15) is 25.3 Å². The molecule has 0 unspecified atom stereocenters. The molecule has 1 aromatic carbocycles. The molecule has 2 aliphatic heterocycles. The van der Waals surface area contributed by atoms with E-state index in [9.17, 15) is 9.59 Å². The minimum atomic E-state index is -0.366. The summed E-state index contributed by atoms with van der Waals surface area (Å²) < 4.78 is 13.1. The van der Waals surface area contributed by atoms with Gasteiger partial charge in [0.15, 0.2) is 5.82 Å². The summed E-state index contributed by atoms with van der Waals surface area (Å²) in [5, 5.41) is 0. The van der Waals surface area contributed by atoms with E-state index in [-0.39, 0.29) is 24.0 Å². The Morgan fingerprint density at radius 2 is 2.17 bits per heavy atom. The molecule has 2 fully saturated rings. The van der Waals surface area contributed by atoms with Gasteiger partial charge in [-0.15, -0.1) is 0 Å². The molecule has 3 heterocycles. The number of hydrogen-bond acceptors (Lipinski definition) is 5. The second kappa shape index (κ2) is 6.79. The Hall–Kier alpha value is -3.03. The molecule has 152 valence electrons. The third-order valence-electron chi connectivity index (χ3n) is 5.98. The molecule has 2 aromatic rings. The lowest BCUT2D eigenvalue weighted by Crippen LogP contribution is -2.31. The largest absolute Gasteiger partial charge is 0.491 e. The van der Waals surface area contributed by atoms with Crippen LogP contribution in [0.2, 0.25) is 0 Å². The van der Waals surface area contributed by atoms with Gasteiger partial charge in [-0.1, -0.05) is 6.07 Å². The van der Waals surface area contributed by atoms with Crippen molar-refractivity contribution in [2.45, 2.75) is 38.8 Å². The lowest BCUT2D eigenvalue weighted by atomic mass is 9.93. The monoisotopic (exact) mass is 396 g/mol. The summed E-state index contributed by atoms with van der Waals surface area (Å²) in [5.74, 6) is 2.17. The number of nitrogens with two attached hydrogens (primary N) is 1. The van der Waals surface area contributed by atoms with E-state index in [1.807, 2.05) is 35.9 Å². The van der Waals surface area contributed by atoms with Crippen molar-refractivity contribution in [2.24, 2.45) is 17.6 Å². The topological polar surface area (TPSA) is 99.7 Å². The number of hydrogen-bond donors (Lipinski definition) is 1. The number of imidazole rings is 1. The van der Waals surface area contributed by atoms with Gasteiger partial charge in [-0.25, -0.2) is 9.78 Å². The number of amides is 2. The molecule has 1 saturated heterocycles. The molecule has 8 nitrogen and oxygen atoms in total. The first-order valence-electron chi connectivity index (χ1n) is 10.1. The minimum absolute atomic E-state index is 0.0482. The molecule has 2 amide bonds. The second-order valence-corrected chi connectivity index (χ2v) is 8.14. The van der Waals surface area contributed by atoms with E-state index in [1.54, 1.807) is 4.90 Å². The highest BCUT2D eigenvalue weighted by atomic mass is 16.6. The number of carbonyl (C=O) groups is 2. The summed E-state index contributed by atoms with van der Waals surface area (Å²) in [6.07, 6.45) is 4.29. The summed E-state index contributed by atoms with van der Waals surface area (Å²) in [6.45, 7) is 3.44. The van der Waals surface area contributed by atoms with Crippen LogP contribution in [0, 0.1) is 11.8 Å². The van der Waals surface area contributed by atoms with Crippen LogP contribution in [0.5, 0.6) is 5.75 Å². The first kappa shape index (κ1) is 18.0. The molecular formula is C21H24N4O4. The number of carbonyl (C=O) groups excluding carboxylic acids is 2. The maximum atomic E-state index is 12.1. The quantitative estimate of drug-likeness (QED) is 0.836. The van der Waals surface area contributed by atoms with Crippen molar-refractivity contribution in [3.05, 3.63) is 30.0 Å². The normalized spacial score (nSPS) is 21.6. The smallest absolute Gasteiger partial charge is 0.415 e. The molecule has 2 atom stereocenters. The number of primary amides is 1. The van der Waals surface area contributed by atoms with E-state index in [1.165, 1.54) is 0 Å². The zero-order valence-electron chi connectivity index (χ0n) is 16.3. The first-order chi connectivity index (χ1) is 14.0. The molecule has 2 N–H and O–H groups in total.